The predicted molar refractivity (Wildman–Crippen MR) is 76.3 cm³/mol. The van der Waals surface area contributed by atoms with Crippen molar-refractivity contribution in [3.63, 3.8) is 0 Å². The summed E-state index contributed by atoms with van der Waals surface area (Å²) >= 11 is 0. The highest BCUT2D eigenvalue weighted by Gasteiger charge is 2.67. The summed E-state index contributed by atoms with van der Waals surface area (Å²) in [5, 5.41) is 0. The summed E-state index contributed by atoms with van der Waals surface area (Å²) in [6, 6.07) is 4.41. The molecule has 1 saturated carbocycles. The summed E-state index contributed by atoms with van der Waals surface area (Å²) in [6.07, 6.45) is 0.178. The van der Waals surface area contributed by atoms with Gasteiger partial charge >= 0.3 is 6.18 Å². The summed E-state index contributed by atoms with van der Waals surface area (Å²) < 4.78 is 38.7. The zero-order chi connectivity index (χ0) is 16.6. The normalized spacial score (nSPS) is 35.3. The molecule has 1 aromatic rings. The molecule has 0 spiro atoms. The summed E-state index contributed by atoms with van der Waals surface area (Å²) in [5.74, 6) is -1.22. The first-order valence-corrected chi connectivity index (χ1v) is 7.48. The number of alkyl halides is 3. The van der Waals surface area contributed by atoms with Crippen molar-refractivity contribution in [1.29, 1.82) is 0 Å². The van der Waals surface area contributed by atoms with Gasteiger partial charge in [-0.25, -0.2) is 4.90 Å². The molecule has 120 valence electrons. The Hall–Kier alpha value is -2.11. The summed E-state index contributed by atoms with van der Waals surface area (Å²) in [7, 11) is 0. The molecular formula is C17H14F3NO2. The van der Waals surface area contributed by atoms with Crippen molar-refractivity contribution in [2.75, 3.05) is 4.90 Å². The van der Waals surface area contributed by atoms with Crippen LogP contribution in [0.5, 0.6) is 0 Å². The number of halogens is 3. The Bertz CT molecular complexity index is 754. The van der Waals surface area contributed by atoms with Crippen molar-refractivity contribution < 1.29 is 22.8 Å². The first-order chi connectivity index (χ1) is 10.7. The molecule has 4 atom stereocenters. The third-order valence-electron chi connectivity index (χ3n) is 5.54. The van der Waals surface area contributed by atoms with Gasteiger partial charge in [0.25, 0.3) is 0 Å². The van der Waals surface area contributed by atoms with Gasteiger partial charge in [-0.1, -0.05) is 18.2 Å². The molecule has 2 amide bonds. The van der Waals surface area contributed by atoms with Crippen molar-refractivity contribution in [2.45, 2.75) is 19.5 Å². The van der Waals surface area contributed by atoms with E-state index in [4.69, 9.17) is 0 Å². The molecule has 2 aliphatic carbocycles. The Labute approximate surface area is 130 Å². The van der Waals surface area contributed by atoms with E-state index >= 15 is 0 Å². The van der Waals surface area contributed by atoms with Crippen LogP contribution in [0.2, 0.25) is 0 Å². The van der Waals surface area contributed by atoms with E-state index < -0.39 is 23.1 Å². The Morgan fingerprint density at radius 1 is 1.22 bits per heavy atom. The van der Waals surface area contributed by atoms with E-state index in [9.17, 15) is 22.8 Å². The molecule has 1 saturated heterocycles. The van der Waals surface area contributed by atoms with Crippen LogP contribution >= 0.6 is 0 Å². The minimum Gasteiger partial charge on any atom is -0.274 e. The molecule has 0 radical (unpaired) electrons. The van der Waals surface area contributed by atoms with Gasteiger partial charge in [-0.05, 0) is 43.4 Å². The van der Waals surface area contributed by atoms with E-state index in [1.165, 1.54) is 12.1 Å². The van der Waals surface area contributed by atoms with Crippen LogP contribution in [0, 0.1) is 23.2 Å². The van der Waals surface area contributed by atoms with E-state index in [0.29, 0.717) is 0 Å². The van der Waals surface area contributed by atoms with Gasteiger partial charge < -0.3 is 0 Å². The minimum absolute atomic E-state index is 0.00449. The highest BCUT2D eigenvalue weighted by atomic mass is 19.4. The maximum atomic E-state index is 12.9. The zero-order valence-electron chi connectivity index (χ0n) is 12.3. The first kappa shape index (κ1) is 14.5. The van der Waals surface area contributed by atoms with Crippen LogP contribution in [0.15, 0.2) is 36.4 Å². The van der Waals surface area contributed by atoms with Crippen LogP contribution < -0.4 is 4.90 Å². The number of carbonyl (C=O) groups excluding carboxylic acids is 2. The van der Waals surface area contributed by atoms with Gasteiger partial charge in [-0.3, -0.25) is 9.59 Å². The second-order valence-electron chi connectivity index (χ2n) is 6.68. The third kappa shape index (κ3) is 1.72. The SMILES string of the molecule is C[C@]12C(=O)N(c3cccc(C(F)(F)F)c3)C(=O)[C@H]1[C@@H]1C=C[C@H]2C1. The highest BCUT2D eigenvalue weighted by molar-refractivity contribution is 6.24. The van der Waals surface area contributed by atoms with Crippen molar-refractivity contribution >= 4 is 17.5 Å². The number of nitrogens with zero attached hydrogens (tertiary/aromatic N) is 1. The fraction of sp³-hybridized carbons (Fsp3) is 0.412. The molecule has 2 bridgehead atoms. The smallest absolute Gasteiger partial charge is 0.274 e. The number of allylic oxidation sites excluding steroid dienone is 2. The van der Waals surface area contributed by atoms with Crippen LogP contribution in [0.3, 0.4) is 0 Å². The van der Waals surface area contributed by atoms with Crippen LogP contribution in [0.4, 0.5) is 18.9 Å². The number of amides is 2. The predicted octanol–water partition coefficient (Wildman–Crippen LogP) is 3.41. The molecule has 0 aromatic heterocycles. The largest absolute Gasteiger partial charge is 0.416 e. The molecule has 2 fully saturated rings. The lowest BCUT2D eigenvalue weighted by Crippen LogP contribution is -2.37. The quantitative estimate of drug-likeness (QED) is 0.587. The van der Waals surface area contributed by atoms with Crippen molar-refractivity contribution in [3.8, 4) is 0 Å². The fourth-order valence-corrected chi connectivity index (χ4v) is 4.37. The van der Waals surface area contributed by atoms with Crippen molar-refractivity contribution in [2.24, 2.45) is 23.2 Å². The van der Waals surface area contributed by atoms with Crippen molar-refractivity contribution in [1.82, 2.24) is 0 Å². The number of imide groups is 1. The Kier molecular flexibility index (Phi) is 2.67. The second kappa shape index (κ2) is 4.24. The molecule has 0 unspecified atom stereocenters. The van der Waals surface area contributed by atoms with E-state index in [1.54, 1.807) is 6.92 Å². The maximum absolute atomic E-state index is 12.9. The lowest BCUT2D eigenvalue weighted by Gasteiger charge is -2.28. The van der Waals surface area contributed by atoms with Crippen LogP contribution in [-0.4, -0.2) is 11.8 Å². The molecule has 1 aliphatic heterocycles. The molecule has 1 heterocycles. The van der Waals surface area contributed by atoms with Gasteiger partial charge in [0.1, 0.15) is 0 Å². The van der Waals surface area contributed by atoms with Gasteiger partial charge in [-0.2, -0.15) is 13.2 Å². The standard InChI is InChI=1S/C17H14F3NO2/c1-16-10-6-5-9(7-10)13(16)14(22)21(15(16)23)12-4-2-3-11(8-12)17(18,19)20/h2-6,8-10,13H,7H2,1H3/t9-,10+,13-,16-/m1/s1. The van der Waals surface area contributed by atoms with Gasteiger partial charge in [0.15, 0.2) is 0 Å². The minimum atomic E-state index is -4.51. The molecule has 1 aromatic carbocycles. The number of carbonyl (C=O) groups is 2. The highest BCUT2D eigenvalue weighted by Crippen LogP contribution is 2.60. The summed E-state index contributed by atoms with van der Waals surface area (Å²) in [4.78, 5) is 26.6. The lowest BCUT2D eigenvalue weighted by atomic mass is 9.71. The van der Waals surface area contributed by atoms with Crippen molar-refractivity contribution in [3.05, 3.63) is 42.0 Å². The maximum Gasteiger partial charge on any atom is 0.416 e. The molecule has 3 nitrogen and oxygen atoms in total. The topological polar surface area (TPSA) is 37.4 Å². The molecular weight excluding hydrogens is 307 g/mol. The Balaban J connectivity index is 1.78. The van der Waals surface area contributed by atoms with Crippen LogP contribution in [-0.2, 0) is 15.8 Å². The van der Waals surface area contributed by atoms with Crippen LogP contribution in [0.25, 0.3) is 0 Å². The van der Waals surface area contributed by atoms with Gasteiger partial charge in [-0.15, -0.1) is 0 Å². The van der Waals surface area contributed by atoms with Gasteiger partial charge in [0.2, 0.25) is 11.8 Å². The fourth-order valence-electron chi connectivity index (χ4n) is 4.37. The average molecular weight is 321 g/mol. The molecule has 3 aliphatic rings. The Morgan fingerprint density at radius 2 is 1.96 bits per heavy atom. The third-order valence-corrected chi connectivity index (χ3v) is 5.54. The number of fused-ring (bicyclic) bond motifs is 5. The first-order valence-electron chi connectivity index (χ1n) is 7.48. The van der Waals surface area contributed by atoms with Gasteiger partial charge in [0, 0.05) is 0 Å². The monoisotopic (exact) mass is 321 g/mol. The molecule has 6 heteroatoms. The van der Waals surface area contributed by atoms with E-state index in [2.05, 4.69) is 0 Å². The van der Waals surface area contributed by atoms with E-state index in [-0.39, 0.29) is 29.3 Å². The van der Waals surface area contributed by atoms with Crippen LogP contribution in [0.1, 0.15) is 18.9 Å². The number of benzene rings is 1. The lowest BCUT2D eigenvalue weighted by molar-refractivity contribution is -0.137. The molecule has 0 N–H and O–H groups in total. The Morgan fingerprint density at radius 3 is 2.61 bits per heavy atom. The van der Waals surface area contributed by atoms with E-state index in [1.807, 2.05) is 12.2 Å². The number of anilines is 1. The number of rotatable bonds is 1. The number of hydrogen-bond donors (Lipinski definition) is 0. The number of hydrogen-bond acceptors (Lipinski definition) is 2. The van der Waals surface area contributed by atoms with Gasteiger partial charge in [0.05, 0.1) is 22.6 Å². The summed E-state index contributed by atoms with van der Waals surface area (Å²) in [5.41, 5.74) is -1.69. The molecule has 4 rings (SSSR count). The van der Waals surface area contributed by atoms with E-state index in [0.717, 1.165) is 23.5 Å². The second-order valence-corrected chi connectivity index (χ2v) is 6.68. The zero-order valence-corrected chi connectivity index (χ0v) is 12.3. The summed E-state index contributed by atoms with van der Waals surface area (Å²) in [6.45, 7) is 1.76. The average Bonchev–Trinajstić information content (AvgIpc) is 3.11. The molecule has 23 heavy (non-hydrogen) atoms.